The highest BCUT2D eigenvalue weighted by Gasteiger charge is 2.12. The SMILES string of the molecule is CSCCN(C)c1cccc(Br)c1C(N)=S. The van der Waals surface area contributed by atoms with E-state index in [4.69, 9.17) is 18.0 Å². The van der Waals surface area contributed by atoms with Crippen LogP contribution in [0.4, 0.5) is 5.69 Å². The van der Waals surface area contributed by atoms with Crippen LogP contribution >= 0.6 is 39.9 Å². The molecule has 0 radical (unpaired) electrons. The van der Waals surface area contributed by atoms with E-state index >= 15 is 0 Å². The summed E-state index contributed by atoms with van der Waals surface area (Å²) >= 11 is 10.4. The Labute approximate surface area is 115 Å². The molecule has 0 fully saturated rings. The maximum absolute atomic E-state index is 5.75. The van der Waals surface area contributed by atoms with Crippen LogP contribution in [-0.4, -0.2) is 30.6 Å². The molecular weight excluding hydrogens is 304 g/mol. The summed E-state index contributed by atoms with van der Waals surface area (Å²) in [6, 6.07) is 6.00. The summed E-state index contributed by atoms with van der Waals surface area (Å²) in [7, 11) is 2.06. The van der Waals surface area contributed by atoms with Crippen LogP contribution in [0.15, 0.2) is 22.7 Å². The molecule has 1 aromatic rings. The molecule has 2 N–H and O–H groups in total. The van der Waals surface area contributed by atoms with Crippen molar-refractivity contribution >= 4 is 50.6 Å². The summed E-state index contributed by atoms with van der Waals surface area (Å²) in [6.45, 7) is 0.979. The summed E-state index contributed by atoms with van der Waals surface area (Å²) < 4.78 is 0.952. The van der Waals surface area contributed by atoms with Gasteiger partial charge < -0.3 is 10.6 Å². The van der Waals surface area contributed by atoms with E-state index in [9.17, 15) is 0 Å². The molecule has 0 saturated carbocycles. The highest BCUT2D eigenvalue weighted by molar-refractivity contribution is 9.10. The number of hydrogen-bond acceptors (Lipinski definition) is 3. The lowest BCUT2D eigenvalue weighted by Crippen LogP contribution is -2.24. The Bertz CT molecular complexity index is 382. The molecule has 0 atom stereocenters. The van der Waals surface area contributed by atoms with Gasteiger partial charge in [-0.15, -0.1) is 0 Å². The van der Waals surface area contributed by atoms with Crippen LogP contribution in [0.5, 0.6) is 0 Å². The lowest BCUT2D eigenvalue weighted by atomic mass is 10.1. The van der Waals surface area contributed by atoms with Gasteiger partial charge in [-0.1, -0.05) is 18.3 Å². The molecule has 16 heavy (non-hydrogen) atoms. The molecule has 1 rings (SSSR count). The van der Waals surface area contributed by atoms with Crippen molar-refractivity contribution in [3.8, 4) is 0 Å². The van der Waals surface area contributed by atoms with E-state index in [1.807, 2.05) is 30.0 Å². The van der Waals surface area contributed by atoms with Crippen LogP contribution in [0.1, 0.15) is 5.56 Å². The fourth-order valence-electron chi connectivity index (χ4n) is 1.42. The maximum Gasteiger partial charge on any atom is 0.107 e. The Kier molecular flexibility index (Phi) is 5.58. The first kappa shape index (κ1) is 13.8. The van der Waals surface area contributed by atoms with Crippen molar-refractivity contribution in [3.05, 3.63) is 28.2 Å². The van der Waals surface area contributed by atoms with E-state index in [-0.39, 0.29) is 0 Å². The molecule has 1 aromatic carbocycles. The van der Waals surface area contributed by atoms with Gasteiger partial charge in [0, 0.05) is 35.1 Å². The van der Waals surface area contributed by atoms with E-state index in [1.165, 1.54) is 0 Å². The molecule has 0 aliphatic carbocycles. The van der Waals surface area contributed by atoms with Gasteiger partial charge in [-0.05, 0) is 34.3 Å². The van der Waals surface area contributed by atoms with Crippen LogP contribution in [0.25, 0.3) is 0 Å². The van der Waals surface area contributed by atoms with E-state index in [2.05, 4.69) is 34.1 Å². The predicted molar refractivity (Wildman–Crippen MR) is 81.7 cm³/mol. The molecule has 0 aromatic heterocycles. The van der Waals surface area contributed by atoms with Crippen LogP contribution in [0.2, 0.25) is 0 Å². The highest BCUT2D eigenvalue weighted by Crippen LogP contribution is 2.27. The first-order chi connectivity index (χ1) is 7.57. The van der Waals surface area contributed by atoms with Crippen LogP contribution in [0.3, 0.4) is 0 Å². The normalized spacial score (nSPS) is 10.2. The van der Waals surface area contributed by atoms with Gasteiger partial charge in [-0.2, -0.15) is 11.8 Å². The molecule has 0 amide bonds. The van der Waals surface area contributed by atoms with E-state index in [0.717, 1.165) is 28.0 Å². The van der Waals surface area contributed by atoms with Crippen molar-refractivity contribution in [3.63, 3.8) is 0 Å². The molecule has 88 valence electrons. The Balaban J connectivity index is 3.02. The molecule has 0 aliphatic rings. The number of benzene rings is 1. The predicted octanol–water partition coefficient (Wildman–Crippen LogP) is 2.88. The molecule has 0 spiro atoms. The van der Waals surface area contributed by atoms with Crippen LogP contribution < -0.4 is 10.6 Å². The number of hydrogen-bond donors (Lipinski definition) is 1. The Morgan fingerprint density at radius 3 is 2.81 bits per heavy atom. The van der Waals surface area contributed by atoms with Gasteiger partial charge in [0.1, 0.15) is 4.99 Å². The Morgan fingerprint density at radius 1 is 1.56 bits per heavy atom. The van der Waals surface area contributed by atoms with Gasteiger partial charge in [0.15, 0.2) is 0 Å². The number of thioether (sulfide) groups is 1. The lowest BCUT2D eigenvalue weighted by Gasteiger charge is -2.22. The number of nitrogens with zero attached hydrogens (tertiary/aromatic N) is 1. The highest BCUT2D eigenvalue weighted by atomic mass is 79.9. The van der Waals surface area contributed by atoms with Gasteiger partial charge in [-0.25, -0.2) is 0 Å². The van der Waals surface area contributed by atoms with Crippen molar-refractivity contribution in [2.24, 2.45) is 5.73 Å². The molecule has 0 aliphatic heterocycles. The lowest BCUT2D eigenvalue weighted by molar-refractivity contribution is 0.976. The number of rotatable bonds is 5. The fraction of sp³-hybridized carbons (Fsp3) is 0.364. The first-order valence-electron chi connectivity index (χ1n) is 4.86. The number of halogens is 1. The van der Waals surface area contributed by atoms with Crippen molar-refractivity contribution in [2.45, 2.75) is 0 Å². The average molecular weight is 319 g/mol. The third-order valence-corrected chi connectivity index (χ3v) is 3.74. The van der Waals surface area contributed by atoms with Crippen molar-refractivity contribution in [2.75, 3.05) is 30.5 Å². The molecule has 0 unspecified atom stereocenters. The summed E-state index contributed by atoms with van der Waals surface area (Å²) in [6.07, 6.45) is 2.10. The Hall–Kier alpha value is -0.260. The van der Waals surface area contributed by atoms with Crippen molar-refractivity contribution in [1.29, 1.82) is 0 Å². The zero-order valence-electron chi connectivity index (χ0n) is 9.37. The molecule has 0 bridgehead atoms. The quantitative estimate of drug-likeness (QED) is 0.845. The first-order valence-corrected chi connectivity index (χ1v) is 7.45. The topological polar surface area (TPSA) is 29.3 Å². The van der Waals surface area contributed by atoms with Crippen molar-refractivity contribution in [1.82, 2.24) is 0 Å². The minimum absolute atomic E-state index is 0.429. The van der Waals surface area contributed by atoms with Crippen molar-refractivity contribution < 1.29 is 0 Å². The second-order valence-electron chi connectivity index (χ2n) is 3.41. The number of nitrogens with two attached hydrogens (primary N) is 1. The number of anilines is 1. The molecule has 0 heterocycles. The summed E-state index contributed by atoms with van der Waals surface area (Å²) in [5.74, 6) is 1.08. The Morgan fingerprint density at radius 2 is 2.25 bits per heavy atom. The molecule has 5 heteroatoms. The molecule has 2 nitrogen and oxygen atoms in total. The third kappa shape index (κ3) is 3.37. The maximum atomic E-state index is 5.75. The smallest absolute Gasteiger partial charge is 0.107 e. The second kappa shape index (κ2) is 6.47. The summed E-state index contributed by atoms with van der Waals surface area (Å²) in [5.41, 5.74) is 7.75. The van der Waals surface area contributed by atoms with E-state index in [0.29, 0.717) is 4.99 Å². The molecule has 0 saturated heterocycles. The van der Waals surface area contributed by atoms with E-state index < -0.39 is 0 Å². The largest absolute Gasteiger partial charge is 0.389 e. The van der Waals surface area contributed by atoms with Gasteiger partial charge in [0.2, 0.25) is 0 Å². The standard InChI is InChI=1S/C11H15BrN2S2/c1-14(6-7-16-2)9-5-3-4-8(12)10(9)11(13)15/h3-5H,6-7H2,1-2H3,(H2,13,15). The zero-order valence-corrected chi connectivity index (χ0v) is 12.6. The number of thiocarbonyl (C=S) groups is 1. The third-order valence-electron chi connectivity index (χ3n) is 2.28. The molecular formula is C11H15BrN2S2. The second-order valence-corrected chi connectivity index (χ2v) is 5.69. The minimum atomic E-state index is 0.429. The fourth-order valence-corrected chi connectivity index (χ4v) is 2.79. The van der Waals surface area contributed by atoms with Crippen LogP contribution in [-0.2, 0) is 0 Å². The van der Waals surface area contributed by atoms with Gasteiger partial charge >= 0.3 is 0 Å². The summed E-state index contributed by atoms with van der Waals surface area (Å²) in [5, 5.41) is 0. The van der Waals surface area contributed by atoms with Crippen LogP contribution in [0, 0.1) is 0 Å². The monoisotopic (exact) mass is 318 g/mol. The van der Waals surface area contributed by atoms with Gasteiger partial charge in [-0.3, -0.25) is 0 Å². The average Bonchev–Trinajstić information content (AvgIpc) is 2.24. The summed E-state index contributed by atoms with van der Waals surface area (Å²) in [4.78, 5) is 2.61. The van der Waals surface area contributed by atoms with E-state index in [1.54, 1.807) is 0 Å². The minimum Gasteiger partial charge on any atom is -0.389 e. The van der Waals surface area contributed by atoms with Gasteiger partial charge in [0.25, 0.3) is 0 Å². The zero-order chi connectivity index (χ0) is 12.1. The van der Waals surface area contributed by atoms with Gasteiger partial charge in [0.05, 0.1) is 0 Å².